The third-order valence-electron chi connectivity index (χ3n) is 0.750. The molecule has 0 radical (unpaired) electrons. The molecular formula is C9H23O3PS. The highest BCUT2D eigenvalue weighted by Gasteiger charge is 2.19. The fourth-order valence-electron chi connectivity index (χ4n) is 1.12. The van der Waals surface area contributed by atoms with E-state index < -0.39 is 10.1 Å². The zero-order chi connectivity index (χ0) is 12.2. The van der Waals surface area contributed by atoms with Crippen LogP contribution in [0.4, 0.5) is 0 Å². The summed E-state index contributed by atoms with van der Waals surface area (Å²) in [5.41, 5.74) is 0. The van der Waals surface area contributed by atoms with Crippen LogP contribution in [0.5, 0.6) is 0 Å². The minimum Gasteiger partial charge on any atom is -0.286 e. The molecule has 0 spiro atoms. The molecule has 0 aromatic carbocycles. The molecule has 88 valence electrons. The molecule has 0 heterocycles. The maximum Gasteiger partial charge on any atom is 0.261 e. The van der Waals surface area contributed by atoms with Crippen LogP contribution in [0.15, 0.2) is 0 Å². The number of hydrogen-bond acceptors (Lipinski definition) is 2. The monoisotopic (exact) mass is 242 g/mol. The molecule has 14 heavy (non-hydrogen) atoms. The lowest BCUT2D eigenvalue weighted by atomic mass is 10.2. The largest absolute Gasteiger partial charge is 0.286 e. The van der Waals surface area contributed by atoms with E-state index in [9.17, 15) is 8.42 Å². The summed E-state index contributed by atoms with van der Waals surface area (Å²) < 4.78 is 25.9. The summed E-state index contributed by atoms with van der Waals surface area (Å²) in [6.45, 7) is 13.8. The molecule has 0 saturated carbocycles. The molecule has 0 fully saturated rings. The van der Waals surface area contributed by atoms with E-state index in [2.05, 4.69) is 41.5 Å². The molecule has 0 aromatic heterocycles. The second-order valence-electron chi connectivity index (χ2n) is 5.36. The Hall–Kier alpha value is 0.340. The molecule has 3 nitrogen and oxygen atoms in total. The van der Waals surface area contributed by atoms with Crippen molar-refractivity contribution >= 4 is 18.7 Å². The summed E-state index contributed by atoms with van der Waals surface area (Å²) in [5, 5.41) is 1.02. The Morgan fingerprint density at radius 3 is 1.07 bits per heavy atom. The molecule has 1 N–H and O–H groups in total. The molecule has 0 aliphatic carbocycles. The molecule has 5 heteroatoms. The van der Waals surface area contributed by atoms with Crippen LogP contribution in [0.2, 0.25) is 0 Å². The molecule has 0 rings (SSSR count). The van der Waals surface area contributed by atoms with Gasteiger partial charge in [0.05, 0.1) is 6.26 Å². The molecule has 0 aromatic rings. The minimum atomic E-state index is -3.67. The van der Waals surface area contributed by atoms with Gasteiger partial charge in [-0.05, 0) is 10.3 Å². The third-order valence-corrected chi connectivity index (χ3v) is 2.25. The first kappa shape index (κ1) is 16.8. The van der Waals surface area contributed by atoms with Gasteiger partial charge in [0.25, 0.3) is 10.1 Å². The van der Waals surface area contributed by atoms with Crippen LogP contribution in [0.25, 0.3) is 0 Å². The lowest BCUT2D eigenvalue weighted by Gasteiger charge is -2.28. The fourth-order valence-corrected chi connectivity index (χ4v) is 3.38. The summed E-state index contributed by atoms with van der Waals surface area (Å²) in [7, 11) is -2.62. The van der Waals surface area contributed by atoms with E-state index in [1.165, 1.54) is 0 Å². The maximum atomic E-state index is 9.19. The van der Waals surface area contributed by atoms with Crippen molar-refractivity contribution in [3.05, 3.63) is 0 Å². The Morgan fingerprint density at radius 1 is 0.929 bits per heavy atom. The maximum absolute atomic E-state index is 9.19. The highest BCUT2D eigenvalue weighted by Crippen LogP contribution is 2.41. The molecular weight excluding hydrogens is 219 g/mol. The smallest absolute Gasteiger partial charge is 0.261 e. The van der Waals surface area contributed by atoms with Gasteiger partial charge in [0.15, 0.2) is 0 Å². The average Bonchev–Trinajstić information content (AvgIpc) is 1.42. The first-order valence-corrected chi connectivity index (χ1v) is 7.27. The van der Waals surface area contributed by atoms with Crippen molar-refractivity contribution in [1.82, 2.24) is 0 Å². The van der Waals surface area contributed by atoms with Crippen LogP contribution in [0, 0.1) is 0 Å². The molecule has 0 saturated heterocycles. The zero-order valence-electron chi connectivity index (χ0n) is 10.2. The normalized spacial score (nSPS) is 13.1. The predicted octanol–water partition coefficient (Wildman–Crippen LogP) is 2.77. The molecule has 0 bridgehead atoms. The highest BCUT2D eigenvalue weighted by atomic mass is 32.2. The van der Waals surface area contributed by atoms with Gasteiger partial charge in [0.2, 0.25) is 0 Å². The quantitative estimate of drug-likeness (QED) is 0.525. The second-order valence-corrected chi connectivity index (χ2v) is 10.1. The van der Waals surface area contributed by atoms with E-state index >= 15 is 0 Å². The van der Waals surface area contributed by atoms with Crippen molar-refractivity contribution in [2.75, 3.05) is 6.26 Å². The molecule has 0 aliphatic heterocycles. The van der Waals surface area contributed by atoms with Gasteiger partial charge in [-0.15, -0.1) is 8.58 Å². The highest BCUT2D eigenvalue weighted by molar-refractivity contribution is 7.85. The summed E-state index contributed by atoms with van der Waals surface area (Å²) in [6, 6.07) is 0. The summed E-state index contributed by atoms with van der Waals surface area (Å²) in [5.74, 6) is 0. The van der Waals surface area contributed by atoms with Gasteiger partial charge in [0.1, 0.15) is 0 Å². The van der Waals surface area contributed by atoms with Crippen molar-refractivity contribution in [3.63, 3.8) is 0 Å². The third kappa shape index (κ3) is 39.5. The average molecular weight is 242 g/mol. The predicted molar refractivity (Wildman–Crippen MR) is 65.3 cm³/mol. The van der Waals surface area contributed by atoms with Crippen molar-refractivity contribution in [2.45, 2.75) is 51.9 Å². The Balaban J connectivity index is 0. The van der Waals surface area contributed by atoms with E-state index in [1.54, 1.807) is 0 Å². The van der Waals surface area contributed by atoms with Crippen LogP contribution in [-0.2, 0) is 10.1 Å². The van der Waals surface area contributed by atoms with Crippen molar-refractivity contribution in [1.29, 1.82) is 0 Å². The second kappa shape index (κ2) is 5.43. The Kier molecular flexibility index (Phi) is 6.50. The molecule has 0 atom stereocenters. The topological polar surface area (TPSA) is 54.4 Å². The van der Waals surface area contributed by atoms with Gasteiger partial charge in [0, 0.05) is 0 Å². The summed E-state index contributed by atoms with van der Waals surface area (Å²) in [4.78, 5) is 0. The molecule has 0 aliphatic rings. The first-order chi connectivity index (χ1) is 5.71. The molecule has 0 unspecified atom stereocenters. The SMILES string of the molecule is CC(C)(C)PC(C)(C)C.CS(=O)(=O)O. The van der Waals surface area contributed by atoms with E-state index in [0.29, 0.717) is 16.6 Å². The van der Waals surface area contributed by atoms with E-state index in [1.807, 2.05) is 0 Å². The Bertz CT molecular complexity index is 224. The van der Waals surface area contributed by atoms with Crippen LogP contribution >= 0.6 is 8.58 Å². The van der Waals surface area contributed by atoms with Crippen LogP contribution < -0.4 is 0 Å². The fraction of sp³-hybridized carbons (Fsp3) is 1.00. The van der Waals surface area contributed by atoms with Crippen LogP contribution in [0.3, 0.4) is 0 Å². The van der Waals surface area contributed by atoms with Gasteiger partial charge >= 0.3 is 0 Å². The standard InChI is InChI=1S/C8H19P.CH4O3S/c1-7(2,3)9-8(4,5)6;1-5(2,3)4/h9H,1-6H3;1H3,(H,2,3,4). The summed E-state index contributed by atoms with van der Waals surface area (Å²) in [6.07, 6.45) is 0.715. The number of rotatable bonds is 0. The van der Waals surface area contributed by atoms with E-state index in [4.69, 9.17) is 4.55 Å². The van der Waals surface area contributed by atoms with Crippen molar-refractivity contribution in [3.8, 4) is 0 Å². The Morgan fingerprint density at radius 2 is 1.07 bits per heavy atom. The van der Waals surface area contributed by atoms with Gasteiger partial charge in [-0.25, -0.2) is 0 Å². The van der Waals surface area contributed by atoms with Crippen LogP contribution in [0.1, 0.15) is 41.5 Å². The number of hydrogen-bond donors (Lipinski definition) is 1. The lowest BCUT2D eigenvalue weighted by Crippen LogP contribution is -2.16. The van der Waals surface area contributed by atoms with Gasteiger partial charge in [-0.3, -0.25) is 4.55 Å². The van der Waals surface area contributed by atoms with E-state index in [0.717, 1.165) is 8.58 Å². The van der Waals surface area contributed by atoms with Crippen LogP contribution in [-0.4, -0.2) is 29.5 Å². The summed E-state index contributed by atoms with van der Waals surface area (Å²) >= 11 is 0. The minimum absolute atomic E-state index is 0.512. The zero-order valence-corrected chi connectivity index (χ0v) is 12.0. The lowest BCUT2D eigenvalue weighted by molar-refractivity contribution is 0.490. The van der Waals surface area contributed by atoms with Crippen molar-refractivity contribution < 1.29 is 13.0 Å². The Labute approximate surface area is 90.2 Å². The molecule has 0 amide bonds. The van der Waals surface area contributed by atoms with Gasteiger partial charge in [-0.2, -0.15) is 8.42 Å². The van der Waals surface area contributed by atoms with Gasteiger partial charge < -0.3 is 0 Å². The van der Waals surface area contributed by atoms with Gasteiger partial charge in [-0.1, -0.05) is 41.5 Å². The van der Waals surface area contributed by atoms with Crippen molar-refractivity contribution in [2.24, 2.45) is 0 Å². The van der Waals surface area contributed by atoms with E-state index in [-0.39, 0.29) is 0 Å². The first-order valence-electron chi connectivity index (χ1n) is 4.42.